The second-order valence-electron chi connectivity index (χ2n) is 2.34. The molecule has 0 atom stereocenters. The van der Waals surface area contributed by atoms with Gasteiger partial charge in [0.1, 0.15) is 0 Å². The lowest BCUT2D eigenvalue weighted by Gasteiger charge is -1.97. The Hall–Kier alpha value is -1.15. The molecule has 0 spiro atoms. The molecule has 0 fully saturated rings. The van der Waals surface area contributed by atoms with Crippen molar-refractivity contribution in [1.29, 1.82) is 5.41 Å². The Labute approximate surface area is 124 Å². The van der Waals surface area contributed by atoms with Crippen LogP contribution in [-0.2, 0) is 19.1 Å². The van der Waals surface area contributed by atoms with Crippen LogP contribution < -0.4 is 5.73 Å². The summed E-state index contributed by atoms with van der Waals surface area (Å²) < 4.78 is 8.91. The Morgan fingerprint density at radius 3 is 1.74 bits per heavy atom. The van der Waals surface area contributed by atoms with E-state index in [2.05, 4.69) is 21.7 Å². The molecule has 19 heavy (non-hydrogen) atoms. The molecule has 0 aliphatic rings. The van der Waals surface area contributed by atoms with E-state index in [1.807, 2.05) is 0 Å². The lowest BCUT2D eigenvalue weighted by Crippen LogP contribution is -2.23. The van der Waals surface area contributed by atoms with Crippen molar-refractivity contribution < 1.29 is 19.1 Å². The molecule has 3 N–H and O–H groups in total. The van der Waals surface area contributed by atoms with Gasteiger partial charge < -0.3 is 15.2 Å². The van der Waals surface area contributed by atoms with E-state index in [1.165, 1.54) is 0 Å². The van der Waals surface area contributed by atoms with Gasteiger partial charge in [-0.3, -0.25) is 5.41 Å². The monoisotopic (exact) mass is 312 g/mol. The number of thiocarbonyl (C=S) groups is 1. The van der Waals surface area contributed by atoms with Crippen molar-refractivity contribution in [2.45, 2.75) is 28.7 Å². The van der Waals surface area contributed by atoms with Gasteiger partial charge in [0.05, 0.1) is 13.2 Å². The molecule has 0 rings (SSSR count). The fourth-order valence-corrected chi connectivity index (χ4v) is 0.767. The van der Waals surface area contributed by atoms with Crippen molar-refractivity contribution in [3.05, 3.63) is 0 Å². The number of thioether (sulfide) groups is 1. The first-order valence-corrected chi connectivity index (χ1v) is 6.30. The number of carbonyl (C=O) groups excluding carboxylic acids is 2. The minimum absolute atomic E-state index is 0. The van der Waals surface area contributed by atoms with Gasteiger partial charge in [0, 0.05) is 0 Å². The number of hydrogen-bond donors (Lipinski definition) is 2. The second-order valence-corrected chi connectivity index (χ2v) is 3.59. The quantitative estimate of drug-likeness (QED) is 0.348. The molecule has 0 aliphatic heterocycles. The molecule has 0 heterocycles. The highest BCUT2D eigenvalue weighted by Gasteiger charge is 2.06. The van der Waals surface area contributed by atoms with Gasteiger partial charge in [0.2, 0.25) is 0 Å². The highest BCUT2D eigenvalue weighted by atomic mass is 32.2. The van der Waals surface area contributed by atoms with E-state index in [1.54, 1.807) is 20.1 Å². The number of rotatable bonds is 2. The van der Waals surface area contributed by atoms with Crippen LogP contribution in [0.1, 0.15) is 28.7 Å². The summed E-state index contributed by atoms with van der Waals surface area (Å²) in [6.07, 6.45) is 1.67. The van der Waals surface area contributed by atoms with Crippen molar-refractivity contribution in [3.8, 4) is 0 Å². The van der Waals surface area contributed by atoms with Crippen molar-refractivity contribution in [2.24, 2.45) is 5.73 Å². The van der Waals surface area contributed by atoms with Crippen LogP contribution in [-0.4, -0.2) is 41.4 Å². The molecule has 0 amide bonds. The molecule has 0 saturated carbocycles. The zero-order valence-electron chi connectivity index (χ0n) is 9.94. The maximum Gasteiger partial charge on any atom is 0.365 e. The number of carbonyl (C=O) groups is 2. The first kappa shape index (κ1) is 26.4. The average Bonchev–Trinajstić information content (AvgIpc) is 2.29. The van der Waals surface area contributed by atoms with Gasteiger partial charge in [-0.05, 0) is 20.1 Å². The summed E-state index contributed by atoms with van der Waals surface area (Å²) in [6, 6.07) is 0. The number of ether oxygens (including phenoxy) is 2. The smallest absolute Gasteiger partial charge is 0.365 e. The Morgan fingerprint density at radius 1 is 1.16 bits per heavy atom. The average molecular weight is 312 g/mol. The van der Waals surface area contributed by atoms with E-state index in [0.29, 0.717) is 13.2 Å². The van der Waals surface area contributed by atoms with Crippen LogP contribution in [0, 0.1) is 5.41 Å². The van der Waals surface area contributed by atoms with Crippen molar-refractivity contribution in [1.82, 2.24) is 0 Å². The molecule has 6 nitrogen and oxygen atoms in total. The first-order valence-electron chi connectivity index (χ1n) is 4.66. The van der Waals surface area contributed by atoms with Gasteiger partial charge in [-0.1, -0.05) is 27.1 Å². The van der Waals surface area contributed by atoms with Crippen molar-refractivity contribution in [2.75, 3.05) is 19.5 Å². The van der Waals surface area contributed by atoms with Crippen LogP contribution in [0.15, 0.2) is 0 Å². The number of esters is 2. The summed E-state index contributed by atoms with van der Waals surface area (Å²) in [5, 5.41) is 6.89. The summed E-state index contributed by atoms with van der Waals surface area (Å²) in [5.74, 6) is -1.15. The van der Waals surface area contributed by atoms with E-state index in [9.17, 15) is 9.59 Å². The summed E-state index contributed by atoms with van der Waals surface area (Å²) >= 11 is 5.37. The van der Waals surface area contributed by atoms with Crippen LogP contribution in [0.5, 0.6) is 0 Å². The summed E-state index contributed by atoms with van der Waals surface area (Å²) in [4.78, 5) is 20.5. The van der Waals surface area contributed by atoms with Gasteiger partial charge in [0.25, 0.3) is 0 Å². The van der Waals surface area contributed by atoms with Crippen LogP contribution in [0.2, 0.25) is 0 Å². The van der Waals surface area contributed by atoms with Crippen molar-refractivity contribution in [3.63, 3.8) is 0 Å². The summed E-state index contributed by atoms with van der Waals surface area (Å²) in [5.41, 5.74) is 4.88. The van der Waals surface area contributed by atoms with Gasteiger partial charge in [0.15, 0.2) is 10.0 Å². The summed E-state index contributed by atoms with van der Waals surface area (Å²) in [7, 11) is 0. The normalized spacial score (nSPS) is 7.53. The highest BCUT2D eigenvalue weighted by molar-refractivity contribution is 8.14. The number of hydrogen-bond acceptors (Lipinski definition) is 7. The molecule has 114 valence electrons. The van der Waals surface area contributed by atoms with Gasteiger partial charge in [-0.2, -0.15) is 0 Å². The minimum Gasteiger partial charge on any atom is -0.461 e. The van der Waals surface area contributed by atoms with Gasteiger partial charge >= 0.3 is 11.9 Å². The second kappa shape index (κ2) is 16.9. The Morgan fingerprint density at radius 2 is 1.53 bits per heavy atom. The molecule has 0 bridgehead atoms. The van der Waals surface area contributed by atoms with E-state index < -0.39 is 11.9 Å². The fourth-order valence-electron chi connectivity index (χ4n) is 0.482. The third-order valence-electron chi connectivity index (χ3n) is 1.14. The molecule has 0 radical (unpaired) electrons. The van der Waals surface area contributed by atoms with Crippen LogP contribution >= 0.6 is 24.0 Å². The molecule has 8 heteroatoms. The highest BCUT2D eigenvalue weighted by Crippen LogP contribution is 1.96. The van der Waals surface area contributed by atoms with Crippen LogP contribution in [0.3, 0.4) is 0 Å². The Kier molecular flexibility index (Phi) is 23.4. The largest absolute Gasteiger partial charge is 0.461 e. The lowest BCUT2D eigenvalue weighted by molar-refractivity contribution is -0.135. The molecule has 0 aliphatic carbocycles. The lowest BCUT2D eigenvalue weighted by atomic mass is 10.7. The Balaban J connectivity index is -0.000000108. The zero-order chi connectivity index (χ0) is 13.8. The van der Waals surface area contributed by atoms with Crippen molar-refractivity contribution >= 4 is 46.0 Å². The molecule has 0 aromatic heterocycles. The predicted molar refractivity (Wildman–Crippen MR) is 84.8 cm³/mol. The van der Waals surface area contributed by atoms with Gasteiger partial charge in [-0.15, -0.1) is 11.8 Å². The van der Waals surface area contributed by atoms with Crippen LogP contribution in [0.4, 0.5) is 0 Å². The minimum atomic E-state index is -0.609. The molecule has 0 aromatic rings. The van der Waals surface area contributed by atoms with E-state index >= 15 is 0 Å². The maximum atomic E-state index is 10.5. The zero-order valence-corrected chi connectivity index (χ0v) is 11.6. The first-order chi connectivity index (χ1) is 7.90. The SMILES string of the molecule is C.C.CCOC(=O)C(=N)SC.CCOC(=O)C(N)=S. The number of nitrogens with two attached hydrogens (primary N) is 1. The summed E-state index contributed by atoms with van der Waals surface area (Å²) in [6.45, 7) is 4.06. The third kappa shape index (κ3) is 16.9. The van der Waals surface area contributed by atoms with Crippen LogP contribution in [0.25, 0.3) is 0 Å². The fraction of sp³-hybridized carbons (Fsp3) is 0.636. The van der Waals surface area contributed by atoms with Gasteiger partial charge in [-0.25, -0.2) is 9.59 Å². The van der Waals surface area contributed by atoms with E-state index in [4.69, 9.17) is 11.1 Å². The maximum absolute atomic E-state index is 10.5. The Bertz CT molecular complexity index is 296. The van der Waals surface area contributed by atoms with E-state index in [0.717, 1.165) is 11.8 Å². The third-order valence-corrected chi connectivity index (χ3v) is 1.88. The molecular formula is C11H24N2O4S2. The molecule has 0 saturated heterocycles. The van der Waals surface area contributed by atoms with E-state index in [-0.39, 0.29) is 24.9 Å². The number of nitrogens with one attached hydrogen (secondary N) is 1. The molecule has 0 aromatic carbocycles. The topological polar surface area (TPSA) is 102 Å². The predicted octanol–water partition coefficient (Wildman–Crippen LogP) is 2.00. The standard InChI is InChI=1S/C5H9NO2S.C4H7NO2S.2CH4/c1-3-8-5(7)4(6)9-2;1-2-7-4(6)3(5)8;;/h6H,3H2,1-2H3;2H2,1H3,(H2,5,8);2*1H4. The molecule has 0 unspecified atom stereocenters. The molecular weight excluding hydrogens is 288 g/mol.